The summed E-state index contributed by atoms with van der Waals surface area (Å²) in [5.74, 6) is -2.68. The zero-order valence-corrected chi connectivity index (χ0v) is 26.7. The van der Waals surface area contributed by atoms with Gasteiger partial charge in [-0.25, -0.2) is 15.0 Å². The summed E-state index contributed by atoms with van der Waals surface area (Å²) in [7, 11) is -2.81. The molecule has 0 fully saturated rings. The third kappa shape index (κ3) is 8.65. The molecule has 0 bridgehead atoms. The van der Waals surface area contributed by atoms with E-state index in [1.807, 2.05) is 0 Å². The monoisotopic (exact) mass is 610 g/mol. The van der Waals surface area contributed by atoms with Crippen LogP contribution in [0.5, 0.6) is 5.75 Å². The fourth-order valence-corrected chi connectivity index (χ4v) is 7.29. The van der Waals surface area contributed by atoms with E-state index in [-0.39, 0.29) is 36.7 Å². The second kappa shape index (κ2) is 14.8. The lowest BCUT2D eigenvalue weighted by Gasteiger charge is -2.30. The van der Waals surface area contributed by atoms with Gasteiger partial charge in [0.15, 0.2) is 0 Å². The van der Waals surface area contributed by atoms with Crippen molar-refractivity contribution in [2.75, 3.05) is 7.11 Å². The van der Waals surface area contributed by atoms with Gasteiger partial charge in [-0.3, -0.25) is 18.9 Å². The van der Waals surface area contributed by atoms with Crippen molar-refractivity contribution in [2.24, 2.45) is 0 Å². The first-order valence-electron chi connectivity index (χ1n) is 13.9. The minimum atomic E-state index is -4.25. The molecule has 12 nitrogen and oxygen atoms in total. The maximum Gasteiger partial charge on any atom is 0.339 e. The van der Waals surface area contributed by atoms with E-state index in [0.29, 0.717) is 22.4 Å². The highest BCUT2D eigenvalue weighted by Gasteiger charge is 2.43. The molecule has 2 rings (SSSR count). The number of aliphatic carboxylic acids is 1. The molecule has 0 saturated carbocycles. The summed E-state index contributed by atoms with van der Waals surface area (Å²) < 4.78 is 36.9. The minimum absolute atomic E-state index is 0.0122. The molecule has 0 aromatic heterocycles. The van der Waals surface area contributed by atoms with Crippen molar-refractivity contribution in [1.82, 2.24) is 10.2 Å². The van der Waals surface area contributed by atoms with Crippen molar-refractivity contribution >= 4 is 36.6 Å². The van der Waals surface area contributed by atoms with Crippen molar-refractivity contribution in [3.05, 3.63) is 33.9 Å². The average molecular weight is 611 g/mol. The van der Waals surface area contributed by atoms with Gasteiger partial charge in [-0.05, 0) is 73.8 Å². The molecule has 0 aliphatic carbocycles. The number of carbonyl (C=O) groups is 4. The topological polar surface area (TPSA) is 167 Å². The molecule has 0 radical (unpaired) electrons. The van der Waals surface area contributed by atoms with Gasteiger partial charge in [0.05, 0.1) is 30.2 Å². The number of methoxy groups -OCH3 is 1. The van der Waals surface area contributed by atoms with Crippen LogP contribution in [0.3, 0.4) is 0 Å². The standard InChI is InChI=1S/C29H43N2O10P/c1-15(2)40-27(34)19(7)30-42(37,31-20(8)28(35)41-16(3)4)26-21(12-10-17(5)11-13-23(32)33)25(38-9)18(6)22-14-39-29(36)24(22)26/h10,15-16,19-20H,11-14H2,1-9H3,(H,32,33)(H2,30,31,37)/b17-10+. The number of hydrogen-bond acceptors (Lipinski definition) is 9. The molecule has 3 N–H and O–H groups in total. The predicted octanol–water partition coefficient (Wildman–Crippen LogP) is 3.71. The molecule has 0 saturated heterocycles. The van der Waals surface area contributed by atoms with E-state index in [2.05, 4.69) is 10.2 Å². The van der Waals surface area contributed by atoms with Crippen LogP contribution in [-0.2, 0) is 46.2 Å². The maximum absolute atomic E-state index is 15.2. The maximum atomic E-state index is 15.2. The van der Waals surface area contributed by atoms with Crippen LogP contribution in [0.25, 0.3) is 0 Å². The highest BCUT2D eigenvalue weighted by molar-refractivity contribution is 7.68. The summed E-state index contributed by atoms with van der Waals surface area (Å²) >= 11 is 0. The SMILES string of the molecule is COc1c(C)c2c(c(P(=O)(NC(C)C(=O)OC(C)C)NC(C)C(=O)OC(C)C)c1C/C=C(\C)CCC(=O)O)C(=O)OC2. The van der Waals surface area contributed by atoms with Crippen LogP contribution in [0.4, 0.5) is 0 Å². The van der Waals surface area contributed by atoms with Crippen LogP contribution >= 0.6 is 7.44 Å². The Morgan fingerprint density at radius 2 is 1.52 bits per heavy atom. The van der Waals surface area contributed by atoms with E-state index in [1.54, 1.807) is 47.6 Å². The quantitative estimate of drug-likeness (QED) is 0.114. The first kappa shape index (κ1) is 35.0. The van der Waals surface area contributed by atoms with Crippen molar-refractivity contribution in [3.8, 4) is 5.75 Å². The Morgan fingerprint density at radius 3 is 1.98 bits per heavy atom. The van der Waals surface area contributed by atoms with Gasteiger partial charge in [0, 0.05) is 17.5 Å². The van der Waals surface area contributed by atoms with Gasteiger partial charge in [-0.2, -0.15) is 0 Å². The van der Waals surface area contributed by atoms with Gasteiger partial charge in [-0.1, -0.05) is 11.6 Å². The summed E-state index contributed by atoms with van der Waals surface area (Å²) in [5, 5.41) is 14.8. The summed E-state index contributed by atoms with van der Waals surface area (Å²) in [6.45, 7) is 13.1. The molecule has 13 heteroatoms. The lowest BCUT2D eigenvalue weighted by atomic mass is 9.96. The number of carboxylic acid groups (broad SMARTS) is 1. The largest absolute Gasteiger partial charge is 0.496 e. The molecule has 1 heterocycles. The molecule has 2 unspecified atom stereocenters. The van der Waals surface area contributed by atoms with E-state index in [1.165, 1.54) is 21.0 Å². The lowest BCUT2D eigenvalue weighted by Crippen LogP contribution is -2.47. The van der Waals surface area contributed by atoms with E-state index >= 15 is 4.57 Å². The third-order valence-corrected chi connectivity index (χ3v) is 9.14. The number of benzene rings is 1. The van der Waals surface area contributed by atoms with Gasteiger partial charge < -0.3 is 24.1 Å². The molecule has 2 atom stereocenters. The number of fused-ring (bicyclic) bond motifs is 1. The molecule has 1 aromatic rings. The Morgan fingerprint density at radius 1 is 1.00 bits per heavy atom. The van der Waals surface area contributed by atoms with Gasteiger partial charge in [0.1, 0.15) is 24.4 Å². The van der Waals surface area contributed by atoms with Crippen LogP contribution < -0.4 is 20.2 Å². The Hall–Kier alpha value is -3.21. The molecule has 1 aliphatic heterocycles. The molecule has 0 spiro atoms. The van der Waals surface area contributed by atoms with E-state index < -0.39 is 55.6 Å². The number of allylic oxidation sites excluding steroid dienone is 2. The summed E-state index contributed by atoms with van der Waals surface area (Å²) in [5.41, 5.74) is 2.25. The smallest absolute Gasteiger partial charge is 0.339 e. The highest BCUT2D eigenvalue weighted by atomic mass is 31.2. The third-order valence-electron chi connectivity index (χ3n) is 6.51. The van der Waals surface area contributed by atoms with Gasteiger partial charge in [0.2, 0.25) is 7.44 Å². The summed E-state index contributed by atoms with van der Waals surface area (Å²) in [6, 6.07) is -2.25. The number of carbonyl (C=O) groups excluding carboxylic acids is 3. The minimum Gasteiger partial charge on any atom is -0.496 e. The molecule has 42 heavy (non-hydrogen) atoms. The van der Waals surface area contributed by atoms with Gasteiger partial charge in [0.25, 0.3) is 0 Å². The molecular weight excluding hydrogens is 567 g/mol. The number of carboxylic acids is 1. The number of esters is 3. The summed E-state index contributed by atoms with van der Waals surface area (Å²) in [6.07, 6.45) is 1.20. The second-order valence-electron chi connectivity index (χ2n) is 10.8. The fourth-order valence-electron chi connectivity index (χ4n) is 4.54. The fraction of sp³-hybridized carbons (Fsp3) is 0.586. The normalized spacial score (nSPS) is 16.0. The average Bonchev–Trinajstić information content (AvgIpc) is 3.26. The molecule has 1 aromatic carbocycles. The predicted molar refractivity (Wildman–Crippen MR) is 156 cm³/mol. The molecule has 234 valence electrons. The molecule has 0 amide bonds. The number of rotatable bonds is 15. The van der Waals surface area contributed by atoms with E-state index in [0.717, 1.165) is 5.57 Å². The first-order chi connectivity index (χ1) is 19.5. The number of ether oxygens (including phenoxy) is 4. The van der Waals surface area contributed by atoms with Crippen LogP contribution in [0.2, 0.25) is 0 Å². The second-order valence-corrected chi connectivity index (χ2v) is 13.0. The molecule has 1 aliphatic rings. The zero-order chi connectivity index (χ0) is 31.9. The highest BCUT2D eigenvalue weighted by Crippen LogP contribution is 2.46. The zero-order valence-electron chi connectivity index (χ0n) is 25.8. The summed E-state index contributed by atoms with van der Waals surface area (Å²) in [4.78, 5) is 49.9. The molecular formula is C29H43N2O10P. The van der Waals surface area contributed by atoms with Crippen molar-refractivity contribution < 1.29 is 47.8 Å². The van der Waals surface area contributed by atoms with Crippen LogP contribution in [0, 0.1) is 6.92 Å². The van der Waals surface area contributed by atoms with Crippen LogP contribution in [-0.4, -0.2) is 60.4 Å². The van der Waals surface area contributed by atoms with Crippen molar-refractivity contribution in [3.63, 3.8) is 0 Å². The Bertz CT molecular complexity index is 1250. The van der Waals surface area contributed by atoms with Crippen molar-refractivity contribution in [2.45, 2.75) is 106 Å². The van der Waals surface area contributed by atoms with Gasteiger partial charge in [-0.15, -0.1) is 0 Å². The number of nitrogens with one attached hydrogen (secondary N) is 2. The van der Waals surface area contributed by atoms with Crippen molar-refractivity contribution in [1.29, 1.82) is 0 Å². The Balaban J connectivity index is 2.84. The lowest BCUT2D eigenvalue weighted by molar-refractivity contribution is -0.149. The van der Waals surface area contributed by atoms with Gasteiger partial charge >= 0.3 is 23.9 Å². The van der Waals surface area contributed by atoms with Crippen LogP contribution in [0.1, 0.15) is 88.4 Å². The van der Waals surface area contributed by atoms with E-state index in [4.69, 9.17) is 24.1 Å². The van der Waals surface area contributed by atoms with Crippen LogP contribution in [0.15, 0.2) is 11.6 Å². The Labute approximate surface area is 247 Å². The Kier molecular flexibility index (Phi) is 12.3. The number of cyclic esters (lactones) is 1. The first-order valence-corrected chi connectivity index (χ1v) is 15.6. The van der Waals surface area contributed by atoms with E-state index in [9.17, 15) is 19.2 Å². The number of hydrogen-bond donors (Lipinski definition) is 3.